The number of rotatable bonds is 6. The maximum atomic E-state index is 13.1. The first-order valence-corrected chi connectivity index (χ1v) is 11.4. The molecule has 0 aliphatic carbocycles. The fraction of sp³-hybridized carbons (Fsp3) is 0.381. The summed E-state index contributed by atoms with van der Waals surface area (Å²) in [6, 6.07) is 9.91. The average molecular weight is 455 g/mol. The van der Waals surface area contributed by atoms with E-state index in [1.54, 1.807) is 12.1 Å². The third-order valence-electron chi connectivity index (χ3n) is 5.24. The van der Waals surface area contributed by atoms with Gasteiger partial charge in [0, 0.05) is 13.1 Å². The number of nitrogens with zero attached hydrogens (tertiary/aromatic N) is 1. The highest BCUT2D eigenvalue weighted by molar-refractivity contribution is 7.89. The molecule has 162 valence electrons. The molecule has 1 saturated heterocycles. The zero-order chi connectivity index (χ0) is 21.9. The van der Waals surface area contributed by atoms with Gasteiger partial charge >= 0.3 is 0 Å². The number of carbonyl (C=O) groups excluding carboxylic acids is 1. The van der Waals surface area contributed by atoms with Crippen molar-refractivity contribution < 1.29 is 22.3 Å². The second-order valence-electron chi connectivity index (χ2n) is 7.28. The van der Waals surface area contributed by atoms with Crippen molar-refractivity contribution in [1.29, 1.82) is 0 Å². The summed E-state index contributed by atoms with van der Waals surface area (Å²) < 4.78 is 45.6. The number of ether oxygens (including phenoxy) is 1. The Balaban J connectivity index is 1.70. The van der Waals surface area contributed by atoms with E-state index in [1.807, 2.05) is 6.92 Å². The quantitative estimate of drug-likeness (QED) is 0.721. The minimum atomic E-state index is -3.79. The first-order chi connectivity index (χ1) is 14.2. The minimum absolute atomic E-state index is 0.0639. The molecular weight excluding hydrogens is 431 g/mol. The van der Waals surface area contributed by atoms with E-state index in [0.29, 0.717) is 25.1 Å². The van der Waals surface area contributed by atoms with E-state index in [2.05, 4.69) is 5.32 Å². The molecule has 1 amide bonds. The predicted molar refractivity (Wildman–Crippen MR) is 112 cm³/mol. The zero-order valence-corrected chi connectivity index (χ0v) is 18.3. The Labute approximate surface area is 181 Å². The SMILES string of the molecule is COc1ccc(S(=O)(=O)N2CCC[C@H](C(=O)N[C@H](C)c3ccc(F)cc3)C2)cc1Cl. The Bertz CT molecular complexity index is 1010. The van der Waals surface area contributed by atoms with Gasteiger partial charge in [-0.1, -0.05) is 23.7 Å². The van der Waals surface area contributed by atoms with Crippen molar-refractivity contribution in [1.82, 2.24) is 9.62 Å². The molecule has 1 aliphatic heterocycles. The third kappa shape index (κ3) is 4.94. The second kappa shape index (κ2) is 9.32. The zero-order valence-electron chi connectivity index (χ0n) is 16.8. The maximum absolute atomic E-state index is 13.1. The predicted octanol–water partition coefficient (Wildman–Crippen LogP) is 3.77. The second-order valence-corrected chi connectivity index (χ2v) is 9.63. The van der Waals surface area contributed by atoms with Gasteiger partial charge in [-0.25, -0.2) is 12.8 Å². The van der Waals surface area contributed by atoms with Crippen molar-refractivity contribution in [3.8, 4) is 5.75 Å². The molecule has 9 heteroatoms. The van der Waals surface area contributed by atoms with E-state index in [4.69, 9.17) is 16.3 Å². The summed E-state index contributed by atoms with van der Waals surface area (Å²) in [5.41, 5.74) is 0.776. The topological polar surface area (TPSA) is 75.7 Å². The number of hydrogen-bond acceptors (Lipinski definition) is 4. The molecule has 0 radical (unpaired) electrons. The van der Waals surface area contributed by atoms with Gasteiger partial charge in [0.25, 0.3) is 0 Å². The molecule has 0 unspecified atom stereocenters. The van der Waals surface area contributed by atoms with Crippen LogP contribution in [0.1, 0.15) is 31.4 Å². The number of methoxy groups -OCH3 is 1. The van der Waals surface area contributed by atoms with Crippen LogP contribution in [0.2, 0.25) is 5.02 Å². The van der Waals surface area contributed by atoms with E-state index >= 15 is 0 Å². The first kappa shape index (κ1) is 22.5. The molecule has 0 saturated carbocycles. The Morgan fingerprint density at radius 1 is 1.27 bits per heavy atom. The first-order valence-electron chi connectivity index (χ1n) is 9.62. The highest BCUT2D eigenvalue weighted by Gasteiger charge is 2.34. The van der Waals surface area contributed by atoms with E-state index < -0.39 is 15.9 Å². The van der Waals surface area contributed by atoms with Crippen LogP contribution in [0.5, 0.6) is 5.75 Å². The molecule has 0 bridgehead atoms. The van der Waals surface area contributed by atoms with Gasteiger partial charge in [0.1, 0.15) is 11.6 Å². The summed E-state index contributed by atoms with van der Waals surface area (Å²) >= 11 is 6.08. The van der Waals surface area contributed by atoms with Gasteiger partial charge in [0.05, 0.1) is 29.0 Å². The van der Waals surface area contributed by atoms with Gasteiger partial charge < -0.3 is 10.1 Å². The maximum Gasteiger partial charge on any atom is 0.243 e. The van der Waals surface area contributed by atoms with Gasteiger partial charge in [-0.2, -0.15) is 4.31 Å². The van der Waals surface area contributed by atoms with Crippen LogP contribution in [0.15, 0.2) is 47.4 Å². The lowest BCUT2D eigenvalue weighted by Gasteiger charge is -2.32. The fourth-order valence-electron chi connectivity index (χ4n) is 3.50. The molecule has 6 nitrogen and oxygen atoms in total. The van der Waals surface area contributed by atoms with Gasteiger partial charge in [-0.05, 0) is 55.7 Å². The van der Waals surface area contributed by atoms with Crippen molar-refractivity contribution in [3.05, 3.63) is 58.9 Å². The lowest BCUT2D eigenvalue weighted by atomic mass is 9.98. The number of halogens is 2. The Morgan fingerprint density at radius 2 is 1.97 bits per heavy atom. The number of amides is 1. The average Bonchev–Trinajstić information content (AvgIpc) is 2.74. The lowest BCUT2D eigenvalue weighted by Crippen LogP contribution is -2.45. The fourth-order valence-corrected chi connectivity index (χ4v) is 5.37. The summed E-state index contributed by atoms with van der Waals surface area (Å²) in [4.78, 5) is 12.8. The highest BCUT2D eigenvalue weighted by Crippen LogP contribution is 2.30. The van der Waals surface area contributed by atoms with Crippen molar-refractivity contribution in [2.24, 2.45) is 5.92 Å². The van der Waals surface area contributed by atoms with Crippen LogP contribution in [0.3, 0.4) is 0 Å². The summed E-state index contributed by atoms with van der Waals surface area (Å²) in [5, 5.41) is 3.11. The van der Waals surface area contributed by atoms with E-state index in [9.17, 15) is 17.6 Å². The number of carbonyl (C=O) groups is 1. The third-order valence-corrected chi connectivity index (χ3v) is 7.40. The molecule has 1 N–H and O–H groups in total. The number of sulfonamides is 1. The molecule has 30 heavy (non-hydrogen) atoms. The monoisotopic (exact) mass is 454 g/mol. The van der Waals surface area contributed by atoms with Gasteiger partial charge in [-0.15, -0.1) is 0 Å². The number of nitrogens with one attached hydrogen (secondary N) is 1. The standard InChI is InChI=1S/C21H24ClFN2O4S/c1-14(15-5-7-17(23)8-6-15)24-21(26)16-4-3-11-25(13-16)30(27,28)18-9-10-20(29-2)19(22)12-18/h5-10,12,14,16H,3-4,11,13H2,1-2H3,(H,24,26)/t14-,16+/m1/s1. The lowest BCUT2D eigenvalue weighted by molar-refractivity contribution is -0.126. The molecule has 2 atom stereocenters. The van der Waals surface area contributed by atoms with Crippen LogP contribution < -0.4 is 10.1 Å². The molecule has 0 spiro atoms. The Morgan fingerprint density at radius 3 is 2.60 bits per heavy atom. The minimum Gasteiger partial charge on any atom is -0.495 e. The van der Waals surface area contributed by atoms with Gasteiger partial charge in [0.15, 0.2) is 0 Å². The molecular formula is C21H24ClFN2O4S. The van der Waals surface area contributed by atoms with E-state index in [0.717, 1.165) is 5.56 Å². The largest absolute Gasteiger partial charge is 0.495 e. The van der Waals surface area contributed by atoms with Crippen LogP contribution in [-0.2, 0) is 14.8 Å². The molecule has 3 rings (SSSR count). The summed E-state index contributed by atoms with van der Waals surface area (Å²) in [7, 11) is -2.34. The molecule has 2 aromatic carbocycles. The molecule has 1 aliphatic rings. The Hall–Kier alpha value is -2.16. The summed E-state index contributed by atoms with van der Waals surface area (Å²) in [5.74, 6) is -0.644. The van der Waals surface area contributed by atoms with Crippen LogP contribution in [0.25, 0.3) is 0 Å². The van der Waals surface area contributed by atoms with Crippen LogP contribution >= 0.6 is 11.6 Å². The van der Waals surface area contributed by atoms with E-state index in [1.165, 1.54) is 41.7 Å². The van der Waals surface area contributed by atoms with Gasteiger partial charge in [0.2, 0.25) is 15.9 Å². The molecule has 2 aromatic rings. The molecule has 0 aromatic heterocycles. The number of piperidine rings is 1. The highest BCUT2D eigenvalue weighted by atomic mass is 35.5. The number of hydrogen-bond donors (Lipinski definition) is 1. The van der Waals surface area contributed by atoms with Crippen LogP contribution in [0, 0.1) is 11.7 Å². The smallest absolute Gasteiger partial charge is 0.243 e. The Kier molecular flexibility index (Phi) is 7.00. The van der Waals surface area contributed by atoms with E-state index in [-0.39, 0.29) is 34.2 Å². The molecule has 1 heterocycles. The summed E-state index contributed by atoms with van der Waals surface area (Å²) in [6.07, 6.45) is 1.17. The van der Waals surface area contributed by atoms with Crippen molar-refractivity contribution in [3.63, 3.8) is 0 Å². The van der Waals surface area contributed by atoms with Crippen molar-refractivity contribution in [2.45, 2.75) is 30.7 Å². The number of benzene rings is 2. The molecule has 1 fully saturated rings. The van der Waals surface area contributed by atoms with Crippen LogP contribution in [0.4, 0.5) is 4.39 Å². The normalized spacial score (nSPS) is 18.6. The van der Waals surface area contributed by atoms with Crippen molar-refractivity contribution >= 4 is 27.5 Å². The van der Waals surface area contributed by atoms with Crippen LogP contribution in [-0.4, -0.2) is 38.8 Å². The van der Waals surface area contributed by atoms with Crippen molar-refractivity contribution in [2.75, 3.05) is 20.2 Å². The van der Waals surface area contributed by atoms with Gasteiger partial charge in [-0.3, -0.25) is 4.79 Å². The summed E-state index contributed by atoms with van der Waals surface area (Å²) in [6.45, 7) is 2.24.